The van der Waals surface area contributed by atoms with E-state index in [1.165, 1.54) is 80.4 Å². The minimum atomic E-state index is -4.07. The van der Waals surface area contributed by atoms with Gasteiger partial charge >= 0.3 is 13.1 Å². The van der Waals surface area contributed by atoms with Crippen LogP contribution in [0.1, 0.15) is 94.1 Å². The summed E-state index contributed by atoms with van der Waals surface area (Å²) in [6, 6.07) is 13.0. The maximum Gasteiger partial charge on any atom is 0.494 e. The van der Waals surface area contributed by atoms with Crippen molar-refractivity contribution in [3.8, 4) is 5.75 Å². The largest absolute Gasteiger partial charge is 0.495 e. The van der Waals surface area contributed by atoms with Crippen molar-refractivity contribution in [3.63, 3.8) is 0 Å². The van der Waals surface area contributed by atoms with Gasteiger partial charge in [-0.15, -0.1) is 11.3 Å². The van der Waals surface area contributed by atoms with Gasteiger partial charge in [0, 0.05) is 5.38 Å². The highest BCUT2D eigenvalue weighted by Crippen LogP contribution is 2.73. The fourth-order valence-electron chi connectivity index (χ4n) is 7.55. The minimum Gasteiger partial charge on any atom is -0.495 e. The average Bonchev–Trinajstić information content (AvgIpc) is 3.48. The van der Waals surface area contributed by atoms with E-state index in [9.17, 15) is 13.2 Å². The Morgan fingerprint density at radius 3 is 2.20 bits per heavy atom. The van der Waals surface area contributed by atoms with E-state index in [-0.39, 0.29) is 22.0 Å². The molecule has 3 aliphatic rings. The Bertz CT molecular complexity index is 1730. The Morgan fingerprint density at radius 2 is 1.63 bits per heavy atom. The molecule has 2 aliphatic carbocycles. The van der Waals surface area contributed by atoms with Gasteiger partial charge in [-0.25, -0.2) is 9.78 Å². The molecule has 2 aromatic carbocycles. The molecule has 0 bridgehead atoms. The van der Waals surface area contributed by atoms with Crippen molar-refractivity contribution in [1.29, 1.82) is 0 Å². The molecule has 6 rings (SSSR count). The third-order valence-electron chi connectivity index (χ3n) is 11.1. The van der Waals surface area contributed by atoms with E-state index in [4.69, 9.17) is 18.8 Å². The maximum atomic E-state index is 13.4. The third kappa shape index (κ3) is 5.16. The van der Waals surface area contributed by atoms with E-state index in [1.807, 2.05) is 20.8 Å². The standard InChI is InChI=1S/C34H43BN2O7S2/c1-31(2,3)24-14-9-21(10-15-24)22-11-16-25(17-12-22)35-43-33(5)32(4,34(33,6)44-35)30-36-28(20-45-30)46(39,40)37-26-18-13-23(29(38)42-8)19-27(26)41-7/h11-13,16-21,24,37H,9-10,14-15H2,1-8H3. The van der Waals surface area contributed by atoms with Gasteiger partial charge in [-0.05, 0) is 92.9 Å². The van der Waals surface area contributed by atoms with Gasteiger partial charge in [0.2, 0.25) is 0 Å². The van der Waals surface area contributed by atoms with E-state index < -0.39 is 39.7 Å². The summed E-state index contributed by atoms with van der Waals surface area (Å²) in [5, 5.41) is 2.02. The lowest BCUT2D eigenvalue weighted by Crippen LogP contribution is -2.41. The summed E-state index contributed by atoms with van der Waals surface area (Å²) in [6.45, 7) is 13.1. The molecule has 9 nitrogen and oxygen atoms in total. The lowest BCUT2D eigenvalue weighted by molar-refractivity contribution is 0.0600. The number of hydrogen-bond donors (Lipinski definition) is 1. The molecule has 0 radical (unpaired) electrons. The Morgan fingerprint density at radius 1 is 1.00 bits per heavy atom. The second kappa shape index (κ2) is 11.4. The summed E-state index contributed by atoms with van der Waals surface area (Å²) >= 11 is 1.26. The third-order valence-corrected chi connectivity index (χ3v) is 13.6. The number of sulfonamides is 1. The number of benzene rings is 2. The molecule has 3 fully saturated rings. The second-order valence-corrected chi connectivity index (χ2v) is 16.8. The molecule has 46 heavy (non-hydrogen) atoms. The summed E-state index contributed by atoms with van der Waals surface area (Å²) in [4.78, 5) is 16.5. The van der Waals surface area contributed by atoms with Crippen LogP contribution < -0.4 is 14.9 Å². The molecule has 0 amide bonds. The predicted octanol–water partition coefficient (Wildman–Crippen LogP) is 6.29. The first-order valence-electron chi connectivity index (χ1n) is 15.8. The number of esters is 1. The Kier molecular flexibility index (Phi) is 8.14. The highest BCUT2D eigenvalue weighted by atomic mass is 32.2. The zero-order valence-corrected chi connectivity index (χ0v) is 29.4. The number of nitrogens with one attached hydrogen (secondary N) is 1. The van der Waals surface area contributed by atoms with E-state index in [0.717, 1.165) is 11.4 Å². The number of anilines is 1. The maximum absolute atomic E-state index is 13.4. The zero-order chi connectivity index (χ0) is 33.3. The van der Waals surface area contributed by atoms with Crippen LogP contribution in [0.3, 0.4) is 0 Å². The van der Waals surface area contributed by atoms with E-state index in [1.54, 1.807) is 0 Å². The van der Waals surface area contributed by atoms with Crippen molar-refractivity contribution in [2.24, 2.45) is 11.3 Å². The fraction of sp³-hybridized carbons (Fsp3) is 0.529. The topological polar surface area (TPSA) is 113 Å². The molecule has 246 valence electrons. The fourth-order valence-corrected chi connectivity index (χ4v) is 10.1. The summed E-state index contributed by atoms with van der Waals surface area (Å²) in [6.07, 6.45) is 4.99. The molecule has 2 heterocycles. The quantitative estimate of drug-likeness (QED) is 0.221. The summed E-state index contributed by atoms with van der Waals surface area (Å²) in [5.41, 5.74) is 1.08. The molecule has 2 unspecified atom stereocenters. The first-order valence-corrected chi connectivity index (χ1v) is 18.1. The molecular formula is C34H43BN2O7S2. The highest BCUT2D eigenvalue weighted by molar-refractivity contribution is 7.92. The number of thiazole rings is 1. The Balaban J connectivity index is 1.14. The number of fused-ring (bicyclic) bond motifs is 1. The molecule has 1 saturated heterocycles. The van der Waals surface area contributed by atoms with Crippen molar-refractivity contribution in [3.05, 3.63) is 64.0 Å². The number of carbonyl (C=O) groups excluding carboxylic acids is 1. The van der Waals surface area contributed by atoms with Crippen molar-refractivity contribution in [1.82, 2.24) is 4.98 Å². The molecule has 2 atom stereocenters. The summed E-state index contributed by atoms with van der Waals surface area (Å²) in [7, 11) is -1.92. The van der Waals surface area contributed by atoms with Crippen LogP contribution in [0.4, 0.5) is 5.69 Å². The number of aromatic nitrogens is 1. The van der Waals surface area contributed by atoms with Crippen molar-refractivity contribution < 1.29 is 32.0 Å². The lowest BCUT2D eigenvalue weighted by atomic mass is 9.68. The van der Waals surface area contributed by atoms with Crippen molar-refractivity contribution >= 4 is 45.6 Å². The molecule has 0 spiro atoms. The second-order valence-electron chi connectivity index (χ2n) is 14.3. The van der Waals surface area contributed by atoms with Crippen molar-refractivity contribution in [2.45, 2.75) is 94.8 Å². The van der Waals surface area contributed by atoms with Gasteiger partial charge in [0.25, 0.3) is 10.0 Å². The molecule has 1 N–H and O–H groups in total. The number of carbonyl (C=O) groups is 1. The highest BCUT2D eigenvalue weighted by Gasteiger charge is 2.88. The van der Waals surface area contributed by atoms with E-state index in [0.29, 0.717) is 16.3 Å². The van der Waals surface area contributed by atoms with Crippen LogP contribution in [-0.4, -0.2) is 51.9 Å². The molecule has 2 saturated carbocycles. The summed E-state index contributed by atoms with van der Waals surface area (Å²) in [5.74, 6) is 1.00. The zero-order valence-electron chi connectivity index (χ0n) is 27.8. The Hall–Kier alpha value is -2.93. The van der Waals surface area contributed by atoms with Gasteiger partial charge in [0.05, 0.1) is 42.1 Å². The molecule has 12 heteroatoms. The molecule has 1 aromatic heterocycles. The predicted molar refractivity (Wildman–Crippen MR) is 180 cm³/mol. The number of methoxy groups -OCH3 is 2. The molecule has 1 aliphatic heterocycles. The number of rotatable bonds is 8. The smallest absolute Gasteiger partial charge is 0.494 e. The van der Waals surface area contributed by atoms with E-state index in [2.05, 4.69) is 54.7 Å². The van der Waals surface area contributed by atoms with Crippen LogP contribution in [0.5, 0.6) is 5.75 Å². The van der Waals surface area contributed by atoms with Gasteiger partial charge < -0.3 is 18.8 Å². The van der Waals surface area contributed by atoms with Crippen LogP contribution in [-0.2, 0) is 29.5 Å². The first-order chi connectivity index (χ1) is 21.6. The first kappa shape index (κ1) is 33.0. The van der Waals surface area contributed by atoms with E-state index >= 15 is 0 Å². The van der Waals surface area contributed by atoms with Crippen LogP contribution in [0.2, 0.25) is 0 Å². The monoisotopic (exact) mass is 666 g/mol. The number of ether oxygens (including phenoxy) is 2. The Labute approximate surface area is 276 Å². The lowest BCUT2D eigenvalue weighted by Gasteiger charge is -2.37. The molecule has 3 aromatic rings. The number of nitrogens with zero attached hydrogens (tertiary/aromatic N) is 1. The van der Waals surface area contributed by atoms with Gasteiger partial charge in [0.15, 0.2) is 5.03 Å². The van der Waals surface area contributed by atoms with Gasteiger partial charge in [-0.3, -0.25) is 4.72 Å². The SMILES string of the molecule is COC(=O)c1ccc(NS(=O)(=O)c2csc(C3(C)C4(C)OB(c5ccc(C6CCC(C(C)(C)C)CC6)cc5)OC43C)n2)c(OC)c1. The summed E-state index contributed by atoms with van der Waals surface area (Å²) < 4.78 is 52.6. The van der Waals surface area contributed by atoms with Crippen LogP contribution >= 0.6 is 11.3 Å². The molecular weight excluding hydrogens is 623 g/mol. The number of hydrogen-bond acceptors (Lipinski definition) is 9. The van der Waals surface area contributed by atoms with Gasteiger partial charge in [-0.2, -0.15) is 8.42 Å². The minimum absolute atomic E-state index is 0.117. The van der Waals surface area contributed by atoms with Crippen LogP contribution in [0.15, 0.2) is 52.9 Å². The normalized spacial score (nSPS) is 29.3. The van der Waals surface area contributed by atoms with Crippen molar-refractivity contribution in [2.75, 3.05) is 18.9 Å². The van der Waals surface area contributed by atoms with Crippen LogP contribution in [0, 0.1) is 11.3 Å². The van der Waals surface area contributed by atoms with Gasteiger partial charge in [-0.1, -0.05) is 45.0 Å². The van der Waals surface area contributed by atoms with Crippen LogP contribution in [0.25, 0.3) is 0 Å². The van der Waals surface area contributed by atoms with Gasteiger partial charge in [0.1, 0.15) is 10.8 Å². The average molecular weight is 667 g/mol.